The minimum absolute atomic E-state index is 0. The molecule has 5 N–H and O–H groups in total. The molecule has 0 aliphatic heterocycles. The second-order valence-electron chi connectivity index (χ2n) is 5.41. The summed E-state index contributed by atoms with van der Waals surface area (Å²) in [6.07, 6.45) is 0. The van der Waals surface area contributed by atoms with E-state index in [0.717, 1.165) is 11.3 Å². The SMILES string of the molecule is Cc1cc(CN)cc(Oc2cccc(C(=O)NCCS(N)(=O)=O)c2)n1.Cl. The zero-order valence-corrected chi connectivity index (χ0v) is 15.8. The van der Waals surface area contributed by atoms with Crippen molar-refractivity contribution in [3.05, 3.63) is 53.2 Å². The van der Waals surface area contributed by atoms with Crippen LogP contribution in [0.4, 0.5) is 0 Å². The van der Waals surface area contributed by atoms with Gasteiger partial charge in [0.15, 0.2) is 0 Å². The van der Waals surface area contributed by atoms with Crippen molar-refractivity contribution < 1.29 is 17.9 Å². The predicted octanol–water partition coefficient (Wildman–Crippen LogP) is 1.08. The van der Waals surface area contributed by atoms with Crippen molar-refractivity contribution in [3.8, 4) is 11.6 Å². The molecule has 10 heteroatoms. The van der Waals surface area contributed by atoms with Crippen LogP contribution in [-0.2, 0) is 16.6 Å². The van der Waals surface area contributed by atoms with Crippen LogP contribution in [0.25, 0.3) is 0 Å². The van der Waals surface area contributed by atoms with Crippen molar-refractivity contribution in [3.63, 3.8) is 0 Å². The van der Waals surface area contributed by atoms with Crippen molar-refractivity contribution in [1.29, 1.82) is 0 Å². The number of pyridine rings is 1. The molecule has 26 heavy (non-hydrogen) atoms. The Hall–Kier alpha value is -2.20. The van der Waals surface area contributed by atoms with Gasteiger partial charge in [-0.15, -0.1) is 12.4 Å². The number of amides is 1. The first-order chi connectivity index (χ1) is 11.8. The third-order valence-electron chi connectivity index (χ3n) is 3.22. The molecule has 0 aliphatic rings. The Morgan fingerprint density at radius 3 is 2.65 bits per heavy atom. The van der Waals surface area contributed by atoms with Gasteiger partial charge in [0.05, 0.1) is 5.75 Å². The smallest absolute Gasteiger partial charge is 0.251 e. The highest BCUT2D eigenvalue weighted by atomic mass is 35.5. The molecule has 2 rings (SSSR count). The largest absolute Gasteiger partial charge is 0.439 e. The van der Waals surface area contributed by atoms with Crippen LogP contribution in [0, 0.1) is 6.92 Å². The maximum atomic E-state index is 12.1. The summed E-state index contributed by atoms with van der Waals surface area (Å²) in [6, 6.07) is 10.1. The Labute approximate surface area is 158 Å². The molecule has 8 nitrogen and oxygen atoms in total. The lowest BCUT2D eigenvalue weighted by Gasteiger charge is -2.09. The van der Waals surface area contributed by atoms with E-state index in [0.29, 0.717) is 23.7 Å². The highest BCUT2D eigenvalue weighted by molar-refractivity contribution is 7.89. The van der Waals surface area contributed by atoms with E-state index < -0.39 is 15.9 Å². The average Bonchev–Trinajstić information content (AvgIpc) is 2.53. The predicted molar refractivity (Wildman–Crippen MR) is 101 cm³/mol. The van der Waals surface area contributed by atoms with E-state index in [2.05, 4.69) is 10.3 Å². The lowest BCUT2D eigenvalue weighted by molar-refractivity contribution is 0.0956. The summed E-state index contributed by atoms with van der Waals surface area (Å²) in [6.45, 7) is 2.13. The van der Waals surface area contributed by atoms with E-state index in [1.165, 1.54) is 0 Å². The van der Waals surface area contributed by atoms with Gasteiger partial charge in [0, 0.05) is 30.4 Å². The van der Waals surface area contributed by atoms with Gasteiger partial charge in [0.1, 0.15) is 5.75 Å². The summed E-state index contributed by atoms with van der Waals surface area (Å²) < 4.78 is 27.4. The normalized spacial score (nSPS) is 10.7. The van der Waals surface area contributed by atoms with Crippen LogP contribution < -0.4 is 20.9 Å². The zero-order valence-electron chi connectivity index (χ0n) is 14.1. The maximum absolute atomic E-state index is 12.1. The third-order valence-corrected chi connectivity index (χ3v) is 3.99. The Bertz CT molecular complexity index is 874. The van der Waals surface area contributed by atoms with Crippen LogP contribution in [0.5, 0.6) is 11.6 Å². The Morgan fingerprint density at radius 2 is 2.00 bits per heavy atom. The van der Waals surface area contributed by atoms with Gasteiger partial charge < -0.3 is 15.8 Å². The van der Waals surface area contributed by atoms with Gasteiger partial charge in [-0.25, -0.2) is 18.5 Å². The lowest BCUT2D eigenvalue weighted by atomic mass is 10.2. The van der Waals surface area contributed by atoms with E-state index in [4.69, 9.17) is 15.6 Å². The molecule has 142 valence electrons. The number of benzene rings is 1. The molecular weight excluding hydrogens is 380 g/mol. The molecule has 0 radical (unpaired) electrons. The summed E-state index contributed by atoms with van der Waals surface area (Å²) in [7, 11) is -3.62. The van der Waals surface area contributed by atoms with Crippen LogP contribution >= 0.6 is 12.4 Å². The van der Waals surface area contributed by atoms with E-state index in [9.17, 15) is 13.2 Å². The van der Waals surface area contributed by atoms with Crippen LogP contribution in [0.3, 0.4) is 0 Å². The fourth-order valence-corrected chi connectivity index (χ4v) is 2.49. The number of nitrogens with zero attached hydrogens (tertiary/aromatic N) is 1. The first kappa shape index (κ1) is 21.8. The second kappa shape index (κ2) is 9.48. The lowest BCUT2D eigenvalue weighted by Crippen LogP contribution is -2.31. The number of rotatable bonds is 7. The third kappa shape index (κ3) is 6.96. The number of halogens is 1. The molecule has 2 aromatic rings. The molecular formula is C16H21ClN4O4S. The summed E-state index contributed by atoms with van der Waals surface area (Å²) in [5, 5.41) is 7.38. The van der Waals surface area contributed by atoms with Gasteiger partial charge in [-0.05, 0) is 36.8 Å². The van der Waals surface area contributed by atoms with Crippen LogP contribution in [0.1, 0.15) is 21.6 Å². The van der Waals surface area contributed by atoms with Crippen LogP contribution in [0.2, 0.25) is 0 Å². The first-order valence-electron chi connectivity index (χ1n) is 7.51. The molecule has 0 bridgehead atoms. The Balaban J connectivity index is 0.00000338. The van der Waals surface area contributed by atoms with Gasteiger partial charge in [0.2, 0.25) is 15.9 Å². The minimum atomic E-state index is -3.62. The Morgan fingerprint density at radius 1 is 1.27 bits per heavy atom. The van der Waals surface area contributed by atoms with E-state index >= 15 is 0 Å². The molecule has 0 saturated carbocycles. The molecule has 0 unspecified atom stereocenters. The number of nitrogens with two attached hydrogens (primary N) is 2. The van der Waals surface area contributed by atoms with Gasteiger partial charge in [-0.3, -0.25) is 4.79 Å². The molecule has 0 saturated heterocycles. The maximum Gasteiger partial charge on any atom is 0.251 e. The number of hydrogen-bond donors (Lipinski definition) is 3. The molecule has 0 aliphatic carbocycles. The standard InChI is InChI=1S/C16H20N4O4S.ClH/c1-11-7-12(10-17)8-15(20-11)24-14-4-2-3-13(9-14)16(21)19-5-6-25(18,22)23;/h2-4,7-9H,5-6,10,17H2,1H3,(H,19,21)(H2,18,22,23);1H. The van der Waals surface area contributed by atoms with Gasteiger partial charge in [0.25, 0.3) is 5.91 Å². The summed E-state index contributed by atoms with van der Waals surface area (Å²) in [5.41, 5.74) is 7.63. The quantitative estimate of drug-likeness (QED) is 0.635. The molecule has 0 fully saturated rings. The van der Waals surface area contributed by atoms with E-state index in [-0.39, 0.29) is 24.7 Å². The number of aromatic nitrogens is 1. The van der Waals surface area contributed by atoms with Crippen molar-refractivity contribution in [2.24, 2.45) is 10.9 Å². The fourth-order valence-electron chi connectivity index (χ4n) is 2.11. The van der Waals surface area contributed by atoms with Crippen molar-refractivity contribution in [2.45, 2.75) is 13.5 Å². The molecule has 1 amide bonds. The van der Waals surface area contributed by atoms with Crippen LogP contribution in [-0.4, -0.2) is 31.6 Å². The van der Waals surface area contributed by atoms with Crippen molar-refractivity contribution in [1.82, 2.24) is 10.3 Å². The fraction of sp³-hybridized carbons (Fsp3) is 0.250. The number of nitrogens with one attached hydrogen (secondary N) is 1. The van der Waals surface area contributed by atoms with Crippen molar-refractivity contribution in [2.75, 3.05) is 12.3 Å². The second-order valence-corrected chi connectivity index (χ2v) is 7.15. The van der Waals surface area contributed by atoms with Crippen LogP contribution in [0.15, 0.2) is 36.4 Å². The molecule has 0 spiro atoms. The number of sulfonamides is 1. The summed E-state index contributed by atoms with van der Waals surface area (Å²) in [5.74, 6) is 0.0608. The van der Waals surface area contributed by atoms with Gasteiger partial charge in [-0.2, -0.15) is 0 Å². The highest BCUT2D eigenvalue weighted by Gasteiger charge is 2.10. The topological polar surface area (TPSA) is 137 Å². The average molecular weight is 401 g/mol. The number of carbonyl (C=O) groups is 1. The molecule has 1 heterocycles. The molecule has 1 aromatic carbocycles. The monoisotopic (exact) mass is 400 g/mol. The Kier molecular flexibility index (Phi) is 7.97. The van der Waals surface area contributed by atoms with E-state index in [1.54, 1.807) is 30.3 Å². The number of hydrogen-bond acceptors (Lipinski definition) is 6. The summed E-state index contributed by atoms with van der Waals surface area (Å²) >= 11 is 0. The summed E-state index contributed by atoms with van der Waals surface area (Å²) in [4.78, 5) is 16.3. The first-order valence-corrected chi connectivity index (χ1v) is 9.22. The highest BCUT2D eigenvalue weighted by Crippen LogP contribution is 2.22. The zero-order chi connectivity index (χ0) is 18.4. The minimum Gasteiger partial charge on any atom is -0.439 e. The molecule has 0 atom stereocenters. The molecule has 1 aromatic heterocycles. The number of ether oxygens (including phenoxy) is 1. The van der Waals surface area contributed by atoms with E-state index in [1.807, 2.05) is 13.0 Å². The number of primary sulfonamides is 1. The van der Waals surface area contributed by atoms with Crippen molar-refractivity contribution >= 4 is 28.3 Å². The van der Waals surface area contributed by atoms with Gasteiger partial charge in [-0.1, -0.05) is 6.07 Å². The van der Waals surface area contributed by atoms with Gasteiger partial charge >= 0.3 is 0 Å². The number of aryl methyl sites for hydroxylation is 1. The number of carbonyl (C=O) groups excluding carboxylic acids is 1.